The SMILES string of the molecule is Cc1ccccc1-n1c(-c2ccc(Cl)cc2)cnc1SCC(=O)N[C@H]1CCS(=O)(=O)C1. The lowest BCUT2D eigenvalue weighted by Gasteiger charge is -2.15. The van der Waals surface area contributed by atoms with Crippen LogP contribution < -0.4 is 5.32 Å². The van der Waals surface area contributed by atoms with E-state index in [4.69, 9.17) is 11.6 Å². The maximum absolute atomic E-state index is 12.4. The Balaban J connectivity index is 1.58. The first-order chi connectivity index (χ1) is 14.8. The summed E-state index contributed by atoms with van der Waals surface area (Å²) in [5.41, 5.74) is 3.93. The van der Waals surface area contributed by atoms with Crippen molar-refractivity contribution in [3.63, 3.8) is 0 Å². The summed E-state index contributed by atoms with van der Waals surface area (Å²) in [5.74, 6) is 0.105. The van der Waals surface area contributed by atoms with Crippen LogP contribution >= 0.6 is 23.4 Å². The van der Waals surface area contributed by atoms with Crippen LogP contribution in [-0.2, 0) is 14.6 Å². The number of para-hydroxylation sites is 1. The summed E-state index contributed by atoms with van der Waals surface area (Å²) in [6.07, 6.45) is 2.26. The topological polar surface area (TPSA) is 81.1 Å². The minimum absolute atomic E-state index is 0.0158. The lowest BCUT2D eigenvalue weighted by atomic mass is 10.1. The van der Waals surface area contributed by atoms with Gasteiger partial charge in [-0.2, -0.15) is 0 Å². The van der Waals surface area contributed by atoms with Gasteiger partial charge in [-0.15, -0.1) is 0 Å². The smallest absolute Gasteiger partial charge is 0.230 e. The van der Waals surface area contributed by atoms with E-state index in [1.165, 1.54) is 11.8 Å². The molecule has 4 rings (SSSR count). The molecule has 0 unspecified atom stereocenters. The second-order valence-corrected chi connectivity index (χ2v) is 11.1. The maximum Gasteiger partial charge on any atom is 0.230 e. The molecule has 9 heteroatoms. The van der Waals surface area contributed by atoms with Gasteiger partial charge in [0, 0.05) is 16.6 Å². The fourth-order valence-electron chi connectivity index (χ4n) is 3.62. The number of sulfone groups is 1. The summed E-state index contributed by atoms with van der Waals surface area (Å²) in [6.45, 7) is 2.03. The standard InChI is InChI=1S/C22H22ClN3O3S2/c1-15-4-2-3-5-19(15)26-20(16-6-8-17(23)9-7-16)12-24-22(26)30-13-21(27)25-18-10-11-31(28,29)14-18/h2-9,12,18H,10-11,13-14H2,1H3,(H,25,27)/t18-/m0/s1. The third kappa shape index (κ3) is 5.14. The van der Waals surface area contributed by atoms with Gasteiger partial charge in [0.1, 0.15) is 0 Å². The predicted molar refractivity (Wildman–Crippen MR) is 125 cm³/mol. The van der Waals surface area contributed by atoms with Crippen molar-refractivity contribution in [3.05, 3.63) is 65.3 Å². The monoisotopic (exact) mass is 475 g/mol. The number of amides is 1. The fraction of sp³-hybridized carbons (Fsp3) is 0.273. The van der Waals surface area contributed by atoms with Gasteiger partial charge in [-0.1, -0.05) is 53.7 Å². The molecule has 0 saturated carbocycles. The number of nitrogens with one attached hydrogen (secondary N) is 1. The average Bonchev–Trinajstić information content (AvgIpc) is 3.30. The van der Waals surface area contributed by atoms with E-state index in [1.54, 1.807) is 6.20 Å². The molecule has 1 N–H and O–H groups in total. The molecule has 1 fully saturated rings. The molecular formula is C22H22ClN3O3S2. The van der Waals surface area contributed by atoms with Crippen LogP contribution in [0.4, 0.5) is 0 Å². The molecule has 2 heterocycles. The zero-order chi connectivity index (χ0) is 22.0. The Morgan fingerprint density at radius 1 is 1.23 bits per heavy atom. The molecule has 1 aromatic heterocycles. The van der Waals surface area contributed by atoms with Crippen molar-refractivity contribution in [3.8, 4) is 16.9 Å². The van der Waals surface area contributed by atoms with Crippen molar-refractivity contribution in [1.29, 1.82) is 0 Å². The predicted octanol–water partition coefficient (Wildman–Crippen LogP) is 3.90. The molecule has 31 heavy (non-hydrogen) atoms. The van der Waals surface area contributed by atoms with E-state index in [2.05, 4.69) is 10.3 Å². The molecule has 1 atom stereocenters. The van der Waals surface area contributed by atoms with E-state index in [0.717, 1.165) is 22.5 Å². The minimum atomic E-state index is -3.03. The third-order valence-electron chi connectivity index (χ3n) is 5.16. The van der Waals surface area contributed by atoms with Crippen LogP contribution in [0.15, 0.2) is 59.9 Å². The summed E-state index contributed by atoms with van der Waals surface area (Å²) >= 11 is 7.37. The van der Waals surface area contributed by atoms with Crippen LogP contribution in [0.2, 0.25) is 5.02 Å². The number of nitrogens with zero attached hydrogens (tertiary/aromatic N) is 2. The summed E-state index contributed by atoms with van der Waals surface area (Å²) in [5, 5.41) is 4.18. The Morgan fingerprint density at radius 3 is 2.65 bits per heavy atom. The van der Waals surface area contributed by atoms with Gasteiger partial charge in [-0.05, 0) is 37.1 Å². The number of carbonyl (C=O) groups is 1. The number of hydrogen-bond acceptors (Lipinski definition) is 5. The lowest BCUT2D eigenvalue weighted by molar-refractivity contribution is -0.119. The highest BCUT2D eigenvalue weighted by atomic mass is 35.5. The van der Waals surface area contributed by atoms with Crippen LogP contribution in [0, 0.1) is 6.92 Å². The molecule has 0 radical (unpaired) electrons. The number of benzene rings is 2. The number of hydrogen-bond donors (Lipinski definition) is 1. The molecule has 2 aromatic carbocycles. The summed E-state index contributed by atoms with van der Waals surface area (Å²) in [4.78, 5) is 17.0. The number of carbonyl (C=O) groups excluding carboxylic acids is 1. The van der Waals surface area contributed by atoms with Crippen molar-refractivity contribution in [2.24, 2.45) is 0 Å². The molecular weight excluding hydrogens is 454 g/mol. The van der Waals surface area contributed by atoms with Crippen LogP contribution in [0.3, 0.4) is 0 Å². The van der Waals surface area contributed by atoms with E-state index in [0.29, 0.717) is 16.6 Å². The second-order valence-electron chi connectivity index (χ2n) is 7.51. The Hall–Kier alpha value is -2.29. The molecule has 0 bridgehead atoms. The summed E-state index contributed by atoms with van der Waals surface area (Å²) in [7, 11) is -3.03. The van der Waals surface area contributed by atoms with E-state index >= 15 is 0 Å². The summed E-state index contributed by atoms with van der Waals surface area (Å²) < 4.78 is 25.3. The zero-order valence-corrected chi connectivity index (χ0v) is 19.3. The molecule has 1 saturated heterocycles. The van der Waals surface area contributed by atoms with Gasteiger partial charge in [0.15, 0.2) is 15.0 Å². The van der Waals surface area contributed by atoms with E-state index in [1.807, 2.05) is 60.0 Å². The molecule has 0 aliphatic carbocycles. The first kappa shape index (κ1) is 21.9. The normalized spacial score (nSPS) is 17.5. The van der Waals surface area contributed by atoms with Gasteiger partial charge >= 0.3 is 0 Å². The molecule has 6 nitrogen and oxygen atoms in total. The number of halogens is 1. The van der Waals surface area contributed by atoms with Crippen LogP contribution in [0.1, 0.15) is 12.0 Å². The first-order valence-corrected chi connectivity index (χ1v) is 13.0. The number of thioether (sulfide) groups is 1. The first-order valence-electron chi connectivity index (χ1n) is 9.85. The largest absolute Gasteiger partial charge is 0.352 e. The van der Waals surface area contributed by atoms with E-state index in [9.17, 15) is 13.2 Å². The van der Waals surface area contributed by atoms with Crippen molar-refractivity contribution in [1.82, 2.24) is 14.9 Å². The average molecular weight is 476 g/mol. The van der Waals surface area contributed by atoms with E-state index < -0.39 is 9.84 Å². The number of aryl methyl sites for hydroxylation is 1. The van der Waals surface area contributed by atoms with Gasteiger partial charge in [0.25, 0.3) is 0 Å². The highest BCUT2D eigenvalue weighted by molar-refractivity contribution is 7.99. The summed E-state index contributed by atoms with van der Waals surface area (Å²) in [6, 6.07) is 15.2. The maximum atomic E-state index is 12.4. The highest BCUT2D eigenvalue weighted by Crippen LogP contribution is 2.31. The fourth-order valence-corrected chi connectivity index (χ4v) is 6.21. The highest BCUT2D eigenvalue weighted by Gasteiger charge is 2.29. The quantitative estimate of drug-likeness (QED) is 0.547. The van der Waals surface area contributed by atoms with Gasteiger partial charge in [0.2, 0.25) is 5.91 Å². The van der Waals surface area contributed by atoms with Crippen molar-refractivity contribution < 1.29 is 13.2 Å². The molecule has 0 spiro atoms. The number of aromatic nitrogens is 2. The van der Waals surface area contributed by atoms with Gasteiger partial charge in [0.05, 0.1) is 34.8 Å². The molecule has 1 amide bonds. The second kappa shape index (κ2) is 9.06. The Morgan fingerprint density at radius 2 is 1.97 bits per heavy atom. The van der Waals surface area contributed by atoms with Crippen LogP contribution in [0.25, 0.3) is 16.9 Å². The number of imidazole rings is 1. The van der Waals surface area contributed by atoms with Crippen LogP contribution in [0.5, 0.6) is 0 Å². The molecule has 1 aliphatic heterocycles. The molecule has 162 valence electrons. The molecule has 1 aliphatic rings. The van der Waals surface area contributed by atoms with Gasteiger partial charge in [-0.3, -0.25) is 9.36 Å². The Bertz CT molecular complexity index is 1210. The van der Waals surface area contributed by atoms with E-state index in [-0.39, 0.29) is 29.2 Å². The lowest BCUT2D eigenvalue weighted by Crippen LogP contribution is -2.36. The Kier molecular flexibility index (Phi) is 6.41. The zero-order valence-electron chi connectivity index (χ0n) is 16.9. The van der Waals surface area contributed by atoms with Gasteiger partial charge in [-0.25, -0.2) is 13.4 Å². The minimum Gasteiger partial charge on any atom is -0.352 e. The third-order valence-corrected chi connectivity index (χ3v) is 8.13. The van der Waals surface area contributed by atoms with Crippen molar-refractivity contribution >= 4 is 39.1 Å². The number of rotatable bonds is 6. The van der Waals surface area contributed by atoms with Gasteiger partial charge < -0.3 is 5.32 Å². The Labute approximate surface area is 190 Å². The van der Waals surface area contributed by atoms with Crippen LogP contribution in [-0.4, -0.2) is 47.2 Å². The van der Waals surface area contributed by atoms with Crippen molar-refractivity contribution in [2.75, 3.05) is 17.3 Å². The molecule has 3 aromatic rings. The van der Waals surface area contributed by atoms with Crippen molar-refractivity contribution in [2.45, 2.75) is 24.5 Å².